The van der Waals surface area contributed by atoms with Crippen LogP contribution >= 0.6 is 0 Å². The van der Waals surface area contributed by atoms with Gasteiger partial charge in [0.1, 0.15) is 11.6 Å². The summed E-state index contributed by atoms with van der Waals surface area (Å²) in [7, 11) is 0. The van der Waals surface area contributed by atoms with E-state index in [1.807, 2.05) is 0 Å². The average Bonchev–Trinajstić information content (AvgIpc) is 2.57. The Labute approximate surface area is 74.4 Å². The molecule has 1 aromatic heterocycles. The number of rotatable bonds is 1. The van der Waals surface area contributed by atoms with Gasteiger partial charge in [-0.1, -0.05) is 0 Å². The lowest BCUT2D eigenvalue weighted by molar-refractivity contribution is 0.409. The van der Waals surface area contributed by atoms with E-state index >= 15 is 0 Å². The highest BCUT2D eigenvalue weighted by molar-refractivity contribution is 6.24. The van der Waals surface area contributed by atoms with E-state index in [9.17, 15) is 5.11 Å². The minimum atomic E-state index is 0.0405. The summed E-state index contributed by atoms with van der Waals surface area (Å²) in [5.41, 5.74) is 0.382. The number of aliphatic imine (C=N–C) groups is 1. The number of allylic oxidation sites excluding steroid dienone is 1. The predicted octanol–water partition coefficient (Wildman–Crippen LogP) is 1.13. The van der Waals surface area contributed by atoms with Crippen molar-refractivity contribution < 1.29 is 5.11 Å². The molecule has 13 heavy (non-hydrogen) atoms. The number of imidazole rings is 1. The highest BCUT2D eigenvalue weighted by Gasteiger charge is 2.17. The van der Waals surface area contributed by atoms with E-state index < -0.39 is 0 Å². The van der Waals surface area contributed by atoms with Gasteiger partial charge in [0.25, 0.3) is 0 Å². The fraction of sp³-hybridized carbons (Fsp3) is 0.125. The highest BCUT2D eigenvalue weighted by Crippen LogP contribution is 2.19. The van der Waals surface area contributed by atoms with Crippen molar-refractivity contribution in [2.75, 3.05) is 0 Å². The normalized spacial score (nSPS) is 16.8. The van der Waals surface area contributed by atoms with Crippen molar-refractivity contribution in [3.63, 3.8) is 0 Å². The lowest BCUT2D eigenvalue weighted by Crippen LogP contribution is -2.08. The molecule has 0 saturated carbocycles. The standard InChI is InChI=1S/C8H8N4O/c9-7-6(5(13)1-2-10-7)8-11-3-4-12-8/h2-4,9,13H,1H2,(H,11,12). The number of nitrogens with one attached hydrogen (secondary N) is 2. The Bertz CT molecular complexity index is 388. The molecule has 0 aliphatic carbocycles. The van der Waals surface area contributed by atoms with Crippen LogP contribution < -0.4 is 0 Å². The topological polar surface area (TPSA) is 85.1 Å². The van der Waals surface area contributed by atoms with Gasteiger partial charge in [-0.2, -0.15) is 0 Å². The van der Waals surface area contributed by atoms with Gasteiger partial charge >= 0.3 is 0 Å². The summed E-state index contributed by atoms with van der Waals surface area (Å²) in [4.78, 5) is 10.6. The number of aromatic nitrogens is 2. The molecule has 0 spiro atoms. The molecule has 66 valence electrons. The van der Waals surface area contributed by atoms with Crippen LogP contribution in [0, 0.1) is 5.41 Å². The van der Waals surface area contributed by atoms with Crippen molar-refractivity contribution in [2.45, 2.75) is 6.42 Å². The largest absolute Gasteiger partial charge is 0.511 e. The molecule has 0 saturated heterocycles. The second-order valence-corrected chi connectivity index (χ2v) is 2.62. The molecule has 1 aliphatic heterocycles. The third kappa shape index (κ3) is 1.24. The molecule has 0 aromatic carbocycles. The van der Waals surface area contributed by atoms with Gasteiger partial charge in [0.2, 0.25) is 0 Å². The molecule has 3 N–H and O–H groups in total. The predicted molar refractivity (Wildman–Crippen MR) is 49.0 cm³/mol. The van der Waals surface area contributed by atoms with Gasteiger partial charge in [-0.05, 0) is 0 Å². The van der Waals surface area contributed by atoms with Crippen LogP contribution in [0.4, 0.5) is 0 Å². The average molecular weight is 176 g/mol. The molecule has 5 nitrogen and oxygen atoms in total. The number of hydrogen-bond donors (Lipinski definition) is 3. The van der Waals surface area contributed by atoms with Crippen LogP contribution in [0.1, 0.15) is 12.2 Å². The SMILES string of the molecule is N=C1N=CCC(O)=C1c1ncc[nH]1. The van der Waals surface area contributed by atoms with E-state index in [4.69, 9.17) is 5.41 Å². The van der Waals surface area contributed by atoms with E-state index in [0.29, 0.717) is 17.8 Å². The smallest absolute Gasteiger partial charge is 0.158 e. The van der Waals surface area contributed by atoms with Crippen molar-refractivity contribution in [1.29, 1.82) is 5.41 Å². The zero-order valence-corrected chi connectivity index (χ0v) is 6.78. The van der Waals surface area contributed by atoms with E-state index in [1.165, 1.54) is 6.21 Å². The van der Waals surface area contributed by atoms with Crippen molar-refractivity contribution in [3.05, 3.63) is 24.0 Å². The Balaban J connectivity index is 2.47. The van der Waals surface area contributed by atoms with E-state index in [2.05, 4.69) is 15.0 Å². The number of nitrogens with zero attached hydrogens (tertiary/aromatic N) is 2. The van der Waals surface area contributed by atoms with Crippen molar-refractivity contribution in [1.82, 2.24) is 9.97 Å². The number of aromatic amines is 1. The number of aliphatic hydroxyl groups excluding tert-OH is 1. The molecule has 0 unspecified atom stereocenters. The minimum absolute atomic E-state index is 0.0405. The number of hydrogen-bond acceptors (Lipinski definition) is 3. The van der Waals surface area contributed by atoms with Crippen molar-refractivity contribution in [3.8, 4) is 0 Å². The second kappa shape index (κ2) is 2.85. The summed E-state index contributed by atoms with van der Waals surface area (Å²) in [6.07, 6.45) is 5.07. The molecule has 1 aliphatic rings. The molecule has 0 fully saturated rings. The fourth-order valence-electron chi connectivity index (χ4n) is 1.18. The summed E-state index contributed by atoms with van der Waals surface area (Å²) in [5.74, 6) is 0.660. The molecule has 2 heterocycles. The van der Waals surface area contributed by atoms with Crippen LogP contribution in [-0.4, -0.2) is 27.1 Å². The fourth-order valence-corrected chi connectivity index (χ4v) is 1.18. The van der Waals surface area contributed by atoms with Gasteiger partial charge in [-0.15, -0.1) is 0 Å². The first-order chi connectivity index (χ1) is 6.29. The monoisotopic (exact) mass is 176 g/mol. The Morgan fingerprint density at radius 1 is 1.54 bits per heavy atom. The zero-order valence-electron chi connectivity index (χ0n) is 6.78. The highest BCUT2D eigenvalue weighted by atomic mass is 16.3. The Morgan fingerprint density at radius 2 is 2.38 bits per heavy atom. The molecular formula is C8H8N4O. The third-order valence-corrected chi connectivity index (χ3v) is 1.77. The van der Waals surface area contributed by atoms with Crippen LogP contribution in [0.25, 0.3) is 5.57 Å². The van der Waals surface area contributed by atoms with Crippen LogP contribution in [0.3, 0.4) is 0 Å². The van der Waals surface area contributed by atoms with Crippen molar-refractivity contribution >= 4 is 17.6 Å². The summed E-state index contributed by atoms with van der Waals surface area (Å²) in [5, 5.41) is 17.0. The molecular weight excluding hydrogens is 168 g/mol. The Morgan fingerprint density at radius 3 is 3.00 bits per heavy atom. The van der Waals surface area contributed by atoms with Gasteiger partial charge in [0.15, 0.2) is 5.84 Å². The summed E-state index contributed by atoms with van der Waals surface area (Å²) < 4.78 is 0. The lowest BCUT2D eigenvalue weighted by atomic mass is 10.1. The van der Waals surface area contributed by atoms with Gasteiger partial charge in [-0.25, -0.2) is 9.98 Å². The first kappa shape index (κ1) is 7.72. The first-order valence-electron chi connectivity index (χ1n) is 3.82. The molecule has 5 heteroatoms. The summed E-state index contributed by atoms with van der Waals surface area (Å²) >= 11 is 0. The van der Waals surface area contributed by atoms with Crippen LogP contribution in [-0.2, 0) is 0 Å². The van der Waals surface area contributed by atoms with E-state index in [1.54, 1.807) is 12.4 Å². The number of dihydropyridines is 1. The van der Waals surface area contributed by atoms with Gasteiger partial charge in [0, 0.05) is 25.0 Å². The van der Waals surface area contributed by atoms with Crippen LogP contribution in [0.5, 0.6) is 0 Å². The number of aliphatic hydroxyl groups is 1. The first-order valence-corrected chi connectivity index (χ1v) is 3.82. The van der Waals surface area contributed by atoms with Crippen LogP contribution in [0.2, 0.25) is 0 Å². The Kier molecular flexibility index (Phi) is 1.70. The molecule has 0 radical (unpaired) electrons. The number of H-pyrrole nitrogens is 1. The summed E-state index contributed by atoms with van der Waals surface area (Å²) in [6.45, 7) is 0. The molecule has 0 atom stereocenters. The van der Waals surface area contributed by atoms with Gasteiger partial charge in [0.05, 0.1) is 5.57 Å². The van der Waals surface area contributed by atoms with E-state index in [0.717, 1.165) is 0 Å². The molecule has 2 rings (SSSR count). The molecule has 0 bridgehead atoms. The second-order valence-electron chi connectivity index (χ2n) is 2.62. The minimum Gasteiger partial charge on any atom is -0.511 e. The lowest BCUT2D eigenvalue weighted by Gasteiger charge is -2.09. The van der Waals surface area contributed by atoms with Crippen LogP contribution in [0.15, 0.2) is 23.1 Å². The maximum absolute atomic E-state index is 9.50. The maximum Gasteiger partial charge on any atom is 0.158 e. The molecule has 1 aromatic rings. The quantitative estimate of drug-likeness (QED) is 0.599. The third-order valence-electron chi connectivity index (χ3n) is 1.77. The van der Waals surface area contributed by atoms with Gasteiger partial charge in [-0.3, -0.25) is 5.41 Å². The summed E-state index contributed by atoms with van der Waals surface area (Å²) in [6, 6.07) is 0. The number of amidine groups is 1. The molecule has 0 amide bonds. The van der Waals surface area contributed by atoms with E-state index in [-0.39, 0.29) is 11.6 Å². The van der Waals surface area contributed by atoms with Gasteiger partial charge < -0.3 is 10.1 Å². The zero-order chi connectivity index (χ0) is 9.26. The Hall–Kier alpha value is -1.91. The van der Waals surface area contributed by atoms with Crippen molar-refractivity contribution in [2.24, 2.45) is 4.99 Å². The maximum atomic E-state index is 9.50.